The molecule has 0 aromatic carbocycles. The van der Waals surface area contributed by atoms with Crippen molar-refractivity contribution in [2.45, 2.75) is 117 Å². The Labute approximate surface area is 256 Å². The largest absolute Gasteiger partial charge is 0.478 e. The molecule has 0 aromatic rings. The molecular formula is C34H46Cl2N2O3. The van der Waals surface area contributed by atoms with Gasteiger partial charge in [0.25, 0.3) is 5.91 Å². The highest BCUT2D eigenvalue weighted by atomic mass is 35.5. The lowest BCUT2D eigenvalue weighted by Crippen LogP contribution is -2.55. The van der Waals surface area contributed by atoms with Gasteiger partial charge in [0, 0.05) is 34.1 Å². The van der Waals surface area contributed by atoms with E-state index in [1.807, 2.05) is 24.3 Å². The first-order chi connectivity index (χ1) is 19.1. The third-order valence-corrected chi connectivity index (χ3v) is 9.76. The quantitative estimate of drug-likeness (QED) is 0.330. The first-order valence-electron chi connectivity index (χ1n) is 15.1. The van der Waals surface area contributed by atoms with Crippen molar-refractivity contribution in [2.24, 2.45) is 21.7 Å². The van der Waals surface area contributed by atoms with Crippen molar-refractivity contribution < 1.29 is 14.7 Å². The molecule has 1 fully saturated rings. The first-order valence-corrected chi connectivity index (χ1v) is 15.8. The fourth-order valence-electron chi connectivity index (χ4n) is 6.64. The van der Waals surface area contributed by atoms with Crippen LogP contribution in [0.4, 0.5) is 0 Å². The highest BCUT2D eigenvalue weighted by Crippen LogP contribution is 2.49. The second-order valence-corrected chi connectivity index (χ2v) is 15.4. The zero-order valence-electron chi connectivity index (χ0n) is 25.5. The number of carbonyl (C=O) groups excluding carboxylic acids is 1. The summed E-state index contributed by atoms with van der Waals surface area (Å²) in [4.78, 5) is 33.7. The van der Waals surface area contributed by atoms with Crippen molar-refractivity contribution in [2.75, 3.05) is 0 Å². The van der Waals surface area contributed by atoms with E-state index in [0.29, 0.717) is 53.0 Å². The molecule has 5 nitrogen and oxygen atoms in total. The van der Waals surface area contributed by atoms with Crippen molar-refractivity contribution in [1.82, 2.24) is 4.90 Å². The summed E-state index contributed by atoms with van der Waals surface area (Å²) < 4.78 is 0. The van der Waals surface area contributed by atoms with E-state index in [1.165, 1.54) is 0 Å². The number of carboxylic acids is 1. The lowest BCUT2D eigenvalue weighted by atomic mass is 9.69. The summed E-state index contributed by atoms with van der Waals surface area (Å²) in [5.74, 6) is -0.371. The minimum absolute atomic E-state index is 0.0559. The lowest BCUT2D eigenvalue weighted by molar-refractivity contribution is -0.134. The van der Waals surface area contributed by atoms with Crippen LogP contribution in [0, 0.1) is 16.7 Å². The molecule has 7 heteroatoms. The van der Waals surface area contributed by atoms with E-state index < -0.39 is 11.6 Å². The lowest BCUT2D eigenvalue weighted by Gasteiger charge is -2.48. The smallest absolute Gasteiger partial charge is 0.331 e. The average molecular weight is 602 g/mol. The van der Waals surface area contributed by atoms with E-state index in [1.54, 1.807) is 6.08 Å². The zero-order chi connectivity index (χ0) is 30.2. The van der Waals surface area contributed by atoms with Crippen LogP contribution in [-0.4, -0.2) is 39.3 Å². The molecule has 4 rings (SSSR count). The molecule has 0 radical (unpaired) electrons. The molecule has 1 spiro atoms. The molecule has 1 heterocycles. The Balaban J connectivity index is 1.80. The number of aliphatic carboxylic acids is 1. The first kappa shape index (κ1) is 31.8. The van der Waals surface area contributed by atoms with Gasteiger partial charge in [-0.2, -0.15) is 0 Å². The Morgan fingerprint density at radius 3 is 2.27 bits per heavy atom. The van der Waals surface area contributed by atoms with E-state index in [9.17, 15) is 14.7 Å². The van der Waals surface area contributed by atoms with E-state index in [0.717, 1.165) is 49.7 Å². The van der Waals surface area contributed by atoms with Gasteiger partial charge in [0.1, 0.15) is 11.4 Å². The average Bonchev–Trinajstić information content (AvgIpc) is 3.15. The fraction of sp³-hybridized carbons (Fsp3) is 0.618. The summed E-state index contributed by atoms with van der Waals surface area (Å²) in [6.07, 6.45) is 17.0. The molecule has 41 heavy (non-hydrogen) atoms. The Hall–Kier alpha value is -2.11. The molecule has 1 unspecified atom stereocenters. The van der Waals surface area contributed by atoms with Crippen molar-refractivity contribution in [3.63, 3.8) is 0 Å². The number of aliphatic imine (C=N–C) groups is 1. The van der Waals surface area contributed by atoms with Crippen LogP contribution in [0.15, 0.2) is 62.2 Å². The normalized spacial score (nSPS) is 29.3. The molecule has 0 saturated heterocycles. The minimum Gasteiger partial charge on any atom is -0.478 e. The van der Waals surface area contributed by atoms with Gasteiger partial charge >= 0.3 is 5.97 Å². The predicted molar refractivity (Wildman–Crippen MR) is 169 cm³/mol. The number of carboxylic acid groups (broad SMARTS) is 1. The summed E-state index contributed by atoms with van der Waals surface area (Å²) in [7, 11) is 0. The second kappa shape index (κ2) is 12.2. The second-order valence-electron chi connectivity index (χ2n) is 14.4. The van der Waals surface area contributed by atoms with Gasteiger partial charge in [0.15, 0.2) is 0 Å². The molecule has 1 N–H and O–H groups in total. The van der Waals surface area contributed by atoms with Gasteiger partial charge in [-0.3, -0.25) is 9.79 Å². The van der Waals surface area contributed by atoms with Crippen LogP contribution in [-0.2, 0) is 9.59 Å². The number of allylic oxidation sites excluding steroid dienone is 7. The SMILES string of the molecule is CC(C)(C)CCC(C1=CC=C(C(=O)O)CC1)N1C(=O)C(C2=CC/C(Cl)=C\C/C(Cl)=C\2)=NC12CCC(C(C)(C)C)CC2. The third-order valence-electron chi connectivity index (χ3n) is 9.19. The summed E-state index contributed by atoms with van der Waals surface area (Å²) in [6, 6.07) is -0.155. The highest BCUT2D eigenvalue weighted by molar-refractivity contribution is 6.48. The van der Waals surface area contributed by atoms with Crippen LogP contribution in [0.25, 0.3) is 0 Å². The Kier molecular flexibility index (Phi) is 9.50. The number of nitrogens with zero attached hydrogens (tertiary/aromatic N) is 2. The number of hydrogen-bond donors (Lipinski definition) is 1. The third kappa shape index (κ3) is 7.46. The van der Waals surface area contributed by atoms with Crippen LogP contribution < -0.4 is 0 Å². The molecular weight excluding hydrogens is 555 g/mol. The summed E-state index contributed by atoms with van der Waals surface area (Å²) in [5.41, 5.74) is 2.40. The molecule has 1 aliphatic heterocycles. The van der Waals surface area contributed by atoms with Crippen molar-refractivity contribution in [3.05, 3.63) is 57.2 Å². The van der Waals surface area contributed by atoms with Crippen LogP contribution in [0.1, 0.15) is 106 Å². The Bertz CT molecular complexity index is 1250. The number of hydrogen-bond acceptors (Lipinski definition) is 3. The number of rotatable bonds is 6. The summed E-state index contributed by atoms with van der Waals surface area (Å²) >= 11 is 13.0. The zero-order valence-corrected chi connectivity index (χ0v) is 27.0. The molecule has 1 saturated carbocycles. The molecule has 0 aromatic heterocycles. The Morgan fingerprint density at radius 2 is 1.71 bits per heavy atom. The standard InChI is InChI=1S/C34H46Cl2N2O3/c1-32(2,3)18-17-28(22-7-9-23(10-8-22)31(40)41)38-30(39)29(24-11-12-26(35)13-14-27(36)21-24)37-34(38)19-15-25(16-20-34)33(4,5)6/h7,9,11,13,21,25,28H,8,10,12,14-20H2,1-6H3,(H,40,41)/b24-11?,26-13+,27-21+. The molecule has 3 aliphatic carbocycles. The number of amides is 1. The van der Waals surface area contributed by atoms with Crippen LogP contribution in [0.3, 0.4) is 0 Å². The van der Waals surface area contributed by atoms with Crippen LogP contribution >= 0.6 is 23.2 Å². The monoisotopic (exact) mass is 600 g/mol. The van der Waals surface area contributed by atoms with Gasteiger partial charge in [0.2, 0.25) is 0 Å². The Morgan fingerprint density at radius 1 is 1.05 bits per heavy atom. The fourth-order valence-corrected chi connectivity index (χ4v) is 6.99. The van der Waals surface area contributed by atoms with Crippen LogP contribution in [0.5, 0.6) is 0 Å². The minimum atomic E-state index is -0.876. The van der Waals surface area contributed by atoms with Crippen molar-refractivity contribution in [1.29, 1.82) is 0 Å². The summed E-state index contributed by atoms with van der Waals surface area (Å²) in [6.45, 7) is 13.6. The number of carbonyl (C=O) groups is 2. The van der Waals surface area contributed by atoms with E-state index in [2.05, 4.69) is 46.4 Å². The van der Waals surface area contributed by atoms with Gasteiger partial charge in [-0.1, -0.05) is 89.0 Å². The van der Waals surface area contributed by atoms with E-state index in [4.69, 9.17) is 28.2 Å². The molecule has 1 amide bonds. The van der Waals surface area contributed by atoms with Crippen molar-refractivity contribution >= 4 is 40.8 Å². The van der Waals surface area contributed by atoms with Gasteiger partial charge in [0.05, 0.1) is 6.04 Å². The van der Waals surface area contributed by atoms with E-state index in [-0.39, 0.29) is 22.8 Å². The molecule has 224 valence electrons. The van der Waals surface area contributed by atoms with Gasteiger partial charge in [-0.15, -0.1) is 0 Å². The van der Waals surface area contributed by atoms with Gasteiger partial charge in [-0.05, 0) is 79.8 Å². The van der Waals surface area contributed by atoms with E-state index >= 15 is 0 Å². The predicted octanol–water partition coefficient (Wildman–Crippen LogP) is 9.09. The highest BCUT2D eigenvalue weighted by Gasteiger charge is 2.53. The maximum absolute atomic E-state index is 14.6. The topological polar surface area (TPSA) is 70.0 Å². The van der Waals surface area contributed by atoms with Gasteiger partial charge in [-0.25, -0.2) is 4.79 Å². The van der Waals surface area contributed by atoms with Crippen molar-refractivity contribution in [3.8, 4) is 0 Å². The maximum atomic E-state index is 14.6. The van der Waals surface area contributed by atoms with Crippen LogP contribution in [0.2, 0.25) is 0 Å². The molecule has 4 aliphatic rings. The maximum Gasteiger partial charge on any atom is 0.331 e. The molecule has 1 atom stereocenters. The summed E-state index contributed by atoms with van der Waals surface area (Å²) in [5, 5.41) is 10.9. The number of halogens is 2. The molecule has 0 bridgehead atoms. The van der Waals surface area contributed by atoms with Gasteiger partial charge < -0.3 is 10.0 Å².